The Morgan fingerprint density at radius 3 is 2.24 bits per heavy atom. The van der Waals surface area contributed by atoms with Crippen molar-refractivity contribution in [2.75, 3.05) is 26.2 Å². The number of nitrogens with two attached hydrogens (primary N) is 5. The van der Waals surface area contributed by atoms with Crippen LogP contribution in [0.25, 0.3) is 0 Å². The number of aliphatic imine (C=N–C) groups is 1. The number of carboxylic acid groups (broad SMARTS) is 1. The van der Waals surface area contributed by atoms with Crippen LogP contribution in [-0.4, -0.2) is 136 Å². The SMILES string of the molecule is CCC(C)C(NC(=O)C(N)CCCN=C(N)N)C(=O)NC(CCCCN)C(=O)N1CCCC1C(=O)NC(Cc1cnc[nH]1)C(=O)NC(CCC(N)=O)C(=O)NCC(=O)O. The van der Waals surface area contributed by atoms with Gasteiger partial charge in [-0.3, -0.25) is 43.3 Å². The van der Waals surface area contributed by atoms with Crippen molar-refractivity contribution in [2.45, 2.75) is 121 Å². The van der Waals surface area contributed by atoms with E-state index in [1.165, 1.54) is 17.4 Å². The van der Waals surface area contributed by atoms with Crippen LogP contribution in [0.5, 0.6) is 0 Å². The molecule has 2 rings (SSSR count). The number of imidazole rings is 1. The third-order valence-corrected chi connectivity index (χ3v) is 9.84. The topological polar surface area (TPSA) is 391 Å². The van der Waals surface area contributed by atoms with Crippen molar-refractivity contribution in [3.8, 4) is 0 Å². The molecule has 17 N–H and O–H groups in total. The lowest BCUT2D eigenvalue weighted by Crippen LogP contribution is -2.60. The number of carbonyl (C=O) groups is 8. The standard InChI is InChI=1S/C36H62N14O9/c1-3-20(2)29(49-30(54)22(38)8-6-14-43-36(40)41)34(58)47-24(9-4-5-13-37)35(59)50-15-7-10-26(50)33(57)48-25(16-21-17-42-19-45-21)32(56)46-23(11-12-27(39)51)31(55)44-18-28(52)53/h17,19-20,22-26,29H,3-16,18,37-38H2,1-2H3,(H2,39,51)(H,42,45)(H,44,55)(H,46,56)(H,47,58)(H,48,57)(H,49,54)(H,52,53)(H4,40,41,43). The number of unbranched alkanes of at least 4 members (excludes halogenated alkanes) is 1. The minimum absolute atomic E-state index is 0.0854. The first-order chi connectivity index (χ1) is 28.0. The number of hydrogen-bond donors (Lipinski definition) is 12. The lowest BCUT2D eigenvalue weighted by molar-refractivity contribution is -0.143. The van der Waals surface area contributed by atoms with Gasteiger partial charge in [-0.15, -0.1) is 0 Å². The van der Waals surface area contributed by atoms with Gasteiger partial charge in [0.05, 0.1) is 12.4 Å². The number of aliphatic carboxylic acids is 1. The summed E-state index contributed by atoms with van der Waals surface area (Å²) in [7, 11) is 0. The first-order valence-electron chi connectivity index (χ1n) is 19.8. The van der Waals surface area contributed by atoms with Crippen LogP contribution in [0.15, 0.2) is 17.5 Å². The fourth-order valence-electron chi connectivity index (χ4n) is 6.33. The van der Waals surface area contributed by atoms with Crippen LogP contribution < -0.4 is 55.3 Å². The normalized spacial score (nSPS) is 16.6. The molecule has 0 bridgehead atoms. The number of nitrogens with zero attached hydrogens (tertiary/aromatic N) is 3. The summed E-state index contributed by atoms with van der Waals surface area (Å²) < 4.78 is 0. The molecule has 7 amide bonds. The molecule has 0 aliphatic carbocycles. The number of guanidine groups is 1. The number of carboxylic acids is 1. The number of carbonyl (C=O) groups excluding carboxylic acids is 7. The Hall–Kier alpha value is -5.84. The van der Waals surface area contributed by atoms with E-state index < -0.39 is 90.1 Å². The highest BCUT2D eigenvalue weighted by Gasteiger charge is 2.40. The van der Waals surface area contributed by atoms with Crippen LogP contribution in [0.4, 0.5) is 0 Å². The predicted octanol–water partition coefficient (Wildman–Crippen LogP) is -4.10. The minimum atomic E-state index is -1.38. The summed E-state index contributed by atoms with van der Waals surface area (Å²) in [6, 6.07) is -6.86. The molecule has 1 aromatic heterocycles. The molecule has 7 atom stereocenters. The van der Waals surface area contributed by atoms with Crippen LogP contribution in [0.2, 0.25) is 0 Å². The molecule has 0 spiro atoms. The maximum Gasteiger partial charge on any atom is 0.322 e. The first kappa shape index (κ1) is 49.3. The number of rotatable bonds is 27. The number of amides is 7. The third-order valence-electron chi connectivity index (χ3n) is 9.84. The number of nitrogens with one attached hydrogen (secondary N) is 6. The van der Waals surface area contributed by atoms with Gasteiger partial charge >= 0.3 is 5.97 Å². The van der Waals surface area contributed by atoms with Crippen molar-refractivity contribution in [2.24, 2.45) is 39.6 Å². The van der Waals surface area contributed by atoms with Gasteiger partial charge < -0.3 is 70.2 Å². The largest absolute Gasteiger partial charge is 0.480 e. The number of aromatic nitrogens is 2. The zero-order valence-corrected chi connectivity index (χ0v) is 33.7. The molecule has 330 valence electrons. The Balaban J connectivity index is 2.30. The van der Waals surface area contributed by atoms with E-state index in [-0.39, 0.29) is 63.5 Å². The van der Waals surface area contributed by atoms with E-state index in [2.05, 4.69) is 41.5 Å². The van der Waals surface area contributed by atoms with Gasteiger partial charge in [-0.25, -0.2) is 4.98 Å². The Bertz CT molecular complexity index is 1600. The lowest BCUT2D eigenvalue weighted by atomic mass is 9.96. The predicted molar refractivity (Wildman–Crippen MR) is 214 cm³/mol. The van der Waals surface area contributed by atoms with E-state index in [1.54, 1.807) is 6.92 Å². The van der Waals surface area contributed by atoms with Gasteiger partial charge in [0, 0.05) is 37.8 Å². The fraction of sp³-hybridized carbons (Fsp3) is 0.667. The van der Waals surface area contributed by atoms with Crippen molar-refractivity contribution in [3.05, 3.63) is 18.2 Å². The van der Waals surface area contributed by atoms with Gasteiger partial charge in [-0.05, 0) is 63.8 Å². The van der Waals surface area contributed by atoms with E-state index in [0.717, 1.165) is 0 Å². The molecule has 0 aromatic carbocycles. The van der Waals surface area contributed by atoms with Crippen molar-refractivity contribution in [1.29, 1.82) is 0 Å². The Labute approximate surface area is 342 Å². The molecule has 1 fully saturated rings. The van der Waals surface area contributed by atoms with Gasteiger partial charge in [0.2, 0.25) is 41.4 Å². The lowest BCUT2D eigenvalue weighted by Gasteiger charge is -2.32. The number of primary amides is 1. The van der Waals surface area contributed by atoms with E-state index in [9.17, 15) is 38.4 Å². The Morgan fingerprint density at radius 2 is 1.63 bits per heavy atom. The molecule has 1 aliphatic rings. The van der Waals surface area contributed by atoms with Crippen LogP contribution >= 0.6 is 0 Å². The number of H-pyrrole nitrogens is 1. The van der Waals surface area contributed by atoms with Crippen molar-refractivity contribution >= 4 is 53.3 Å². The van der Waals surface area contributed by atoms with Gasteiger partial charge in [0.15, 0.2) is 5.96 Å². The number of hydrogen-bond acceptors (Lipinski definition) is 12. The fourth-order valence-corrected chi connectivity index (χ4v) is 6.33. The third kappa shape index (κ3) is 17.3. The molecule has 7 unspecified atom stereocenters. The summed E-state index contributed by atoms with van der Waals surface area (Å²) in [6.45, 7) is 3.64. The Kier molecular flexibility index (Phi) is 21.3. The maximum atomic E-state index is 14.3. The zero-order valence-electron chi connectivity index (χ0n) is 33.7. The van der Waals surface area contributed by atoms with Crippen LogP contribution in [0.1, 0.15) is 83.7 Å². The summed E-state index contributed by atoms with van der Waals surface area (Å²) in [5.74, 6) is -6.68. The second-order valence-electron chi connectivity index (χ2n) is 14.5. The second kappa shape index (κ2) is 25.5. The molecule has 1 saturated heterocycles. The zero-order chi connectivity index (χ0) is 44.1. The average Bonchev–Trinajstić information content (AvgIpc) is 3.90. The van der Waals surface area contributed by atoms with E-state index in [0.29, 0.717) is 44.3 Å². The molecule has 1 aliphatic heterocycles. The molecule has 0 saturated carbocycles. The van der Waals surface area contributed by atoms with Crippen molar-refractivity contribution in [1.82, 2.24) is 41.5 Å². The highest BCUT2D eigenvalue weighted by molar-refractivity contribution is 5.97. The smallest absolute Gasteiger partial charge is 0.322 e. The summed E-state index contributed by atoms with van der Waals surface area (Å²) in [4.78, 5) is 116. The van der Waals surface area contributed by atoms with Gasteiger partial charge in [0.1, 0.15) is 36.8 Å². The maximum absolute atomic E-state index is 14.3. The molecule has 0 radical (unpaired) electrons. The van der Waals surface area contributed by atoms with Gasteiger partial charge in [0.25, 0.3) is 0 Å². The second-order valence-corrected chi connectivity index (χ2v) is 14.5. The molecule has 2 heterocycles. The summed E-state index contributed by atoms with van der Waals surface area (Å²) in [5, 5.41) is 21.9. The van der Waals surface area contributed by atoms with E-state index >= 15 is 0 Å². The minimum Gasteiger partial charge on any atom is -0.480 e. The Morgan fingerprint density at radius 1 is 0.915 bits per heavy atom. The molecular formula is C36H62N14O9. The summed E-state index contributed by atoms with van der Waals surface area (Å²) >= 11 is 0. The van der Waals surface area contributed by atoms with Crippen LogP contribution in [0, 0.1) is 5.92 Å². The summed E-state index contributed by atoms with van der Waals surface area (Å²) in [6.07, 6.45) is 5.11. The molecular weight excluding hydrogens is 772 g/mol. The number of aromatic amines is 1. The molecule has 23 nitrogen and oxygen atoms in total. The van der Waals surface area contributed by atoms with E-state index in [1.807, 2.05) is 6.92 Å². The molecule has 1 aromatic rings. The van der Waals surface area contributed by atoms with Crippen molar-refractivity contribution < 1.29 is 43.5 Å². The van der Waals surface area contributed by atoms with Gasteiger partial charge in [-0.2, -0.15) is 0 Å². The highest BCUT2D eigenvalue weighted by atomic mass is 16.4. The molecule has 23 heteroatoms. The van der Waals surface area contributed by atoms with Gasteiger partial charge in [-0.1, -0.05) is 20.3 Å². The van der Waals surface area contributed by atoms with E-state index in [4.69, 9.17) is 33.8 Å². The van der Waals surface area contributed by atoms with Crippen LogP contribution in [-0.2, 0) is 44.8 Å². The monoisotopic (exact) mass is 834 g/mol. The van der Waals surface area contributed by atoms with Crippen LogP contribution in [0.3, 0.4) is 0 Å². The number of likely N-dealkylation sites (tertiary alicyclic amines) is 1. The molecule has 59 heavy (non-hydrogen) atoms. The quantitative estimate of drug-likeness (QED) is 0.0228. The first-order valence-corrected chi connectivity index (χ1v) is 19.8. The highest BCUT2D eigenvalue weighted by Crippen LogP contribution is 2.21. The average molecular weight is 835 g/mol. The summed E-state index contributed by atoms with van der Waals surface area (Å²) in [5.41, 5.74) is 28.2. The van der Waals surface area contributed by atoms with Crippen molar-refractivity contribution in [3.63, 3.8) is 0 Å².